The molecule has 0 aliphatic rings. The first-order chi connectivity index (χ1) is 6.38. The van der Waals surface area contributed by atoms with Gasteiger partial charge < -0.3 is 4.90 Å². The van der Waals surface area contributed by atoms with Gasteiger partial charge in [-0.15, -0.1) is 0 Å². The van der Waals surface area contributed by atoms with Crippen LogP contribution in [0.25, 0.3) is 0 Å². The lowest BCUT2D eigenvalue weighted by Crippen LogP contribution is -2.13. The molecule has 0 radical (unpaired) electrons. The zero-order valence-electron chi connectivity index (χ0n) is 9.76. The fourth-order valence-electron chi connectivity index (χ4n) is 1.28. The molecule has 0 aliphatic carbocycles. The quantitative estimate of drug-likeness (QED) is 0.677. The summed E-state index contributed by atoms with van der Waals surface area (Å²) in [7, 11) is 5.03. The maximum absolute atomic E-state index is 2.28. The van der Waals surface area contributed by atoms with Crippen molar-refractivity contribution in [1.82, 2.24) is 0 Å². The van der Waals surface area contributed by atoms with E-state index in [1.807, 2.05) is 0 Å². The van der Waals surface area contributed by atoms with Gasteiger partial charge in [0.25, 0.3) is 0 Å². The summed E-state index contributed by atoms with van der Waals surface area (Å²) in [6.45, 7) is 6.85. The van der Waals surface area contributed by atoms with Crippen LogP contribution in [0, 0.1) is 0 Å². The van der Waals surface area contributed by atoms with Crippen LogP contribution in [0.5, 0.6) is 0 Å². The predicted octanol–water partition coefficient (Wildman–Crippen LogP) is 2.85. The van der Waals surface area contributed by atoms with Crippen molar-refractivity contribution in [2.75, 3.05) is 19.0 Å². The van der Waals surface area contributed by atoms with Crippen LogP contribution in [-0.4, -0.2) is 19.3 Å². The summed E-state index contributed by atoms with van der Waals surface area (Å²) in [6.07, 6.45) is 0. The van der Waals surface area contributed by atoms with Gasteiger partial charge in [0.1, 0.15) is 0 Å². The van der Waals surface area contributed by atoms with E-state index in [-0.39, 0.29) is 0 Å². The molecule has 1 atom stereocenters. The summed E-state index contributed by atoms with van der Waals surface area (Å²) in [5.41, 5.74) is 1.27. The molecule has 0 spiro atoms. The van der Waals surface area contributed by atoms with Crippen LogP contribution in [-0.2, 0) is 0 Å². The molecule has 0 aromatic heterocycles. The molecule has 0 fully saturated rings. The lowest BCUT2D eigenvalue weighted by Gasteiger charge is -2.19. The van der Waals surface area contributed by atoms with Crippen molar-refractivity contribution in [2.45, 2.75) is 25.9 Å². The number of rotatable bonds is 2. The van der Waals surface area contributed by atoms with E-state index in [9.17, 15) is 0 Å². The first-order valence-electron chi connectivity index (χ1n) is 4.94. The van der Waals surface area contributed by atoms with E-state index < -0.39 is 0 Å². The van der Waals surface area contributed by atoms with Crippen LogP contribution in [0.1, 0.15) is 20.8 Å². The second kappa shape index (κ2) is 4.31. The standard InChI is InChI=1S/C12H20NP/c1-12(2,3)14-11-8-6-10(7-9-11)13(4)5/h6-9,14H,1-5H3. The molecule has 1 aromatic carbocycles. The van der Waals surface area contributed by atoms with Gasteiger partial charge in [0.15, 0.2) is 0 Å². The average Bonchev–Trinajstić information content (AvgIpc) is 2.02. The van der Waals surface area contributed by atoms with E-state index >= 15 is 0 Å². The SMILES string of the molecule is CN(C)c1ccc(PC(C)(C)C)cc1. The molecule has 1 unspecified atom stereocenters. The van der Waals surface area contributed by atoms with Gasteiger partial charge in [-0.3, -0.25) is 0 Å². The van der Waals surface area contributed by atoms with Gasteiger partial charge in [0.2, 0.25) is 0 Å². The number of hydrogen-bond donors (Lipinski definition) is 0. The lowest BCUT2D eigenvalue weighted by molar-refractivity contribution is 0.799. The molecule has 2 heteroatoms. The zero-order valence-corrected chi connectivity index (χ0v) is 10.8. The molecule has 0 amide bonds. The Kier molecular flexibility index (Phi) is 3.55. The Morgan fingerprint density at radius 2 is 1.50 bits per heavy atom. The van der Waals surface area contributed by atoms with Crippen LogP contribution < -0.4 is 10.2 Å². The van der Waals surface area contributed by atoms with Crippen LogP contribution in [0.4, 0.5) is 5.69 Å². The van der Waals surface area contributed by atoms with Crippen molar-refractivity contribution in [2.24, 2.45) is 0 Å². The molecule has 1 rings (SSSR count). The third kappa shape index (κ3) is 3.67. The highest BCUT2D eigenvalue weighted by atomic mass is 31.1. The number of benzene rings is 1. The van der Waals surface area contributed by atoms with Gasteiger partial charge in [0.05, 0.1) is 0 Å². The summed E-state index contributed by atoms with van der Waals surface area (Å²) in [5.74, 6) is 0. The topological polar surface area (TPSA) is 3.24 Å². The van der Waals surface area contributed by atoms with Gasteiger partial charge in [-0.2, -0.15) is 0 Å². The van der Waals surface area contributed by atoms with Crippen LogP contribution in [0.15, 0.2) is 24.3 Å². The second-order valence-electron chi connectivity index (χ2n) is 4.82. The maximum Gasteiger partial charge on any atom is 0.0361 e. The summed E-state index contributed by atoms with van der Waals surface area (Å²) in [4.78, 5) is 2.13. The molecule has 14 heavy (non-hydrogen) atoms. The average molecular weight is 209 g/mol. The number of anilines is 1. The molecule has 0 saturated carbocycles. The Morgan fingerprint density at radius 1 is 1.00 bits per heavy atom. The molecule has 0 saturated heterocycles. The molecule has 0 aliphatic heterocycles. The van der Waals surface area contributed by atoms with E-state index in [2.05, 4.69) is 64.0 Å². The first kappa shape index (κ1) is 11.5. The van der Waals surface area contributed by atoms with Crippen molar-refractivity contribution in [3.05, 3.63) is 24.3 Å². The highest BCUT2D eigenvalue weighted by molar-refractivity contribution is 7.48. The van der Waals surface area contributed by atoms with E-state index in [0.29, 0.717) is 5.16 Å². The Labute approximate surface area is 89.3 Å². The predicted molar refractivity (Wildman–Crippen MR) is 68.5 cm³/mol. The molecule has 0 heterocycles. The Balaban J connectivity index is 2.74. The highest BCUT2D eigenvalue weighted by Gasteiger charge is 2.10. The van der Waals surface area contributed by atoms with Crippen LogP contribution in [0.3, 0.4) is 0 Å². The third-order valence-corrected chi connectivity index (χ3v) is 3.28. The summed E-state index contributed by atoms with van der Waals surface area (Å²) in [6, 6.07) is 8.85. The van der Waals surface area contributed by atoms with E-state index in [4.69, 9.17) is 0 Å². The summed E-state index contributed by atoms with van der Waals surface area (Å²) >= 11 is 0. The van der Waals surface area contributed by atoms with Crippen molar-refractivity contribution in [1.29, 1.82) is 0 Å². The highest BCUT2D eigenvalue weighted by Crippen LogP contribution is 2.29. The fraction of sp³-hybridized carbons (Fsp3) is 0.500. The van der Waals surface area contributed by atoms with Gasteiger partial charge >= 0.3 is 0 Å². The molecule has 1 aromatic rings. The maximum atomic E-state index is 2.28. The molecule has 0 bridgehead atoms. The van der Waals surface area contributed by atoms with E-state index in [1.54, 1.807) is 0 Å². The summed E-state index contributed by atoms with van der Waals surface area (Å²) in [5, 5.41) is 1.85. The lowest BCUT2D eigenvalue weighted by atomic mass is 10.3. The van der Waals surface area contributed by atoms with Crippen LogP contribution in [0.2, 0.25) is 0 Å². The minimum absolute atomic E-state index is 0.402. The normalized spacial score (nSPS) is 12.4. The smallest absolute Gasteiger partial charge is 0.0361 e. The van der Waals surface area contributed by atoms with E-state index in [0.717, 1.165) is 8.58 Å². The minimum atomic E-state index is 0.402. The molecule has 1 nitrogen and oxygen atoms in total. The minimum Gasteiger partial charge on any atom is -0.378 e. The van der Waals surface area contributed by atoms with Crippen molar-refractivity contribution in [3.8, 4) is 0 Å². The summed E-state index contributed by atoms with van der Waals surface area (Å²) < 4.78 is 0. The zero-order chi connectivity index (χ0) is 10.8. The van der Waals surface area contributed by atoms with Gasteiger partial charge in [-0.05, 0) is 22.6 Å². The van der Waals surface area contributed by atoms with Crippen molar-refractivity contribution >= 4 is 19.6 Å². The van der Waals surface area contributed by atoms with Crippen molar-refractivity contribution < 1.29 is 0 Å². The third-order valence-electron chi connectivity index (χ3n) is 1.90. The molecular formula is C12H20NP. The molecular weight excluding hydrogens is 189 g/mol. The number of hydrogen-bond acceptors (Lipinski definition) is 1. The molecule has 0 N–H and O–H groups in total. The van der Waals surface area contributed by atoms with Crippen LogP contribution >= 0.6 is 8.58 Å². The van der Waals surface area contributed by atoms with Gasteiger partial charge in [-0.25, -0.2) is 0 Å². The largest absolute Gasteiger partial charge is 0.378 e. The van der Waals surface area contributed by atoms with Gasteiger partial charge in [0, 0.05) is 19.8 Å². The fourth-order valence-corrected chi connectivity index (χ4v) is 2.48. The number of nitrogens with zero attached hydrogens (tertiary/aromatic N) is 1. The first-order valence-corrected chi connectivity index (χ1v) is 5.94. The van der Waals surface area contributed by atoms with Crippen molar-refractivity contribution in [3.63, 3.8) is 0 Å². The monoisotopic (exact) mass is 209 g/mol. The Morgan fingerprint density at radius 3 is 1.86 bits per heavy atom. The Hall–Kier alpha value is -0.550. The van der Waals surface area contributed by atoms with E-state index in [1.165, 1.54) is 11.0 Å². The second-order valence-corrected chi connectivity index (χ2v) is 7.14. The Bertz CT molecular complexity index is 282. The van der Waals surface area contributed by atoms with Gasteiger partial charge in [-0.1, -0.05) is 41.5 Å². The molecule has 78 valence electrons.